The fourth-order valence-electron chi connectivity index (χ4n) is 6.25. The van der Waals surface area contributed by atoms with Gasteiger partial charge in [0.05, 0.1) is 34.4 Å². The van der Waals surface area contributed by atoms with Gasteiger partial charge in [-0.1, -0.05) is 187 Å². The number of phosphoric ester groups is 1. The second kappa shape index (κ2) is 36.5. The maximum atomic E-state index is 12.6. The molecule has 0 amide bonds. The number of carbonyl (C=O) groups excluding carboxylic acids is 1. The molecule has 2 unspecified atom stereocenters. The molecule has 9 heteroatoms. The maximum absolute atomic E-state index is 12.6. The Morgan fingerprint density at radius 3 is 1.29 bits per heavy atom. The van der Waals surface area contributed by atoms with Gasteiger partial charge in [0.1, 0.15) is 19.3 Å². The van der Waals surface area contributed by atoms with Gasteiger partial charge < -0.3 is 27.9 Å². The first-order valence-electron chi connectivity index (χ1n) is 21.8. The maximum Gasteiger partial charge on any atom is 0.306 e. The number of likely N-dealkylation sites (N-methyl/N-ethyl adjacent to an activating group) is 1. The van der Waals surface area contributed by atoms with Crippen molar-refractivity contribution >= 4 is 13.8 Å². The molecule has 0 aliphatic carbocycles. The molecule has 8 nitrogen and oxygen atoms in total. The van der Waals surface area contributed by atoms with E-state index in [4.69, 9.17) is 18.5 Å². The minimum Gasteiger partial charge on any atom is -0.756 e. The molecule has 0 saturated carbocycles. The quantitative estimate of drug-likeness (QED) is 0.0266. The van der Waals surface area contributed by atoms with Crippen molar-refractivity contribution in [2.24, 2.45) is 0 Å². The first-order chi connectivity index (χ1) is 24.6. The van der Waals surface area contributed by atoms with Crippen molar-refractivity contribution in [3.8, 4) is 0 Å². The number of hydrogen-bond donors (Lipinski definition) is 0. The lowest BCUT2D eigenvalue weighted by Gasteiger charge is -2.28. The highest BCUT2D eigenvalue weighted by molar-refractivity contribution is 7.45. The predicted molar refractivity (Wildman–Crippen MR) is 213 cm³/mol. The van der Waals surface area contributed by atoms with E-state index in [1.54, 1.807) is 0 Å². The zero-order valence-corrected chi connectivity index (χ0v) is 35.5. The van der Waals surface area contributed by atoms with E-state index < -0.39 is 13.9 Å². The van der Waals surface area contributed by atoms with Crippen LogP contribution in [-0.2, 0) is 27.9 Å². The van der Waals surface area contributed by atoms with Gasteiger partial charge >= 0.3 is 5.97 Å². The third-order valence-electron chi connectivity index (χ3n) is 9.66. The van der Waals surface area contributed by atoms with Crippen LogP contribution in [0.1, 0.15) is 206 Å². The number of phosphoric acid groups is 1. The molecule has 51 heavy (non-hydrogen) atoms. The Morgan fingerprint density at radius 1 is 0.529 bits per heavy atom. The van der Waals surface area contributed by atoms with E-state index in [9.17, 15) is 14.3 Å². The van der Waals surface area contributed by atoms with Gasteiger partial charge in [0.2, 0.25) is 0 Å². The van der Waals surface area contributed by atoms with Gasteiger partial charge in [-0.2, -0.15) is 0 Å². The molecule has 0 aliphatic rings. The summed E-state index contributed by atoms with van der Waals surface area (Å²) in [5, 5.41) is 0. The van der Waals surface area contributed by atoms with E-state index in [1.165, 1.54) is 154 Å². The number of ether oxygens (including phenoxy) is 2. The average Bonchev–Trinajstić information content (AvgIpc) is 3.08. The zero-order valence-electron chi connectivity index (χ0n) is 34.6. The molecular formula is C42H86NO7P. The number of nitrogens with zero attached hydrogens (tertiary/aromatic N) is 1. The summed E-state index contributed by atoms with van der Waals surface area (Å²) in [6.45, 7) is 5.45. The van der Waals surface area contributed by atoms with Crippen LogP contribution in [0.15, 0.2) is 0 Å². The Labute approximate surface area is 317 Å². The van der Waals surface area contributed by atoms with E-state index in [-0.39, 0.29) is 25.8 Å². The third-order valence-corrected chi connectivity index (χ3v) is 10.6. The Balaban J connectivity index is 4.12. The molecule has 0 aromatic heterocycles. The molecule has 0 aromatic rings. The number of rotatable bonds is 41. The number of hydrogen-bond acceptors (Lipinski definition) is 7. The monoisotopic (exact) mass is 748 g/mol. The molecule has 0 bridgehead atoms. The van der Waals surface area contributed by atoms with Gasteiger partial charge in [-0.15, -0.1) is 0 Å². The van der Waals surface area contributed by atoms with Crippen LogP contribution in [0.3, 0.4) is 0 Å². The molecule has 0 fully saturated rings. The largest absolute Gasteiger partial charge is 0.756 e. The highest BCUT2D eigenvalue weighted by Gasteiger charge is 2.20. The minimum atomic E-state index is -4.51. The number of carbonyl (C=O) groups is 1. The Bertz CT molecular complexity index is 792. The summed E-state index contributed by atoms with van der Waals surface area (Å²) in [7, 11) is 1.37. The van der Waals surface area contributed by atoms with E-state index in [2.05, 4.69) is 13.8 Å². The summed E-state index contributed by atoms with van der Waals surface area (Å²) < 4.78 is 34.5. The Hall–Kier alpha value is -0.500. The van der Waals surface area contributed by atoms with Crippen molar-refractivity contribution in [1.29, 1.82) is 0 Å². The standard InChI is InChI=1S/C42H86NO7P/c1-6-8-10-12-14-16-18-19-20-21-22-23-24-25-26-27-29-31-33-35-42(44)50-41(40-49-51(45,46)48-38-36-43(3,4)5)39-47-37-34-32-30-28-17-15-13-11-9-7-2/h41H,6-40H2,1-5H3. The molecule has 306 valence electrons. The van der Waals surface area contributed by atoms with Crippen LogP contribution >= 0.6 is 7.82 Å². The van der Waals surface area contributed by atoms with Crippen LogP contribution in [0.25, 0.3) is 0 Å². The molecule has 0 rings (SSSR count). The second-order valence-corrected chi connectivity index (χ2v) is 17.5. The van der Waals surface area contributed by atoms with Gasteiger partial charge in [0.15, 0.2) is 0 Å². The van der Waals surface area contributed by atoms with Crippen LogP contribution in [0, 0.1) is 0 Å². The van der Waals surface area contributed by atoms with Crippen molar-refractivity contribution < 1.29 is 37.3 Å². The van der Waals surface area contributed by atoms with Gasteiger partial charge in [-0.3, -0.25) is 9.36 Å². The molecule has 0 heterocycles. The average molecular weight is 748 g/mol. The highest BCUT2D eigenvalue weighted by Crippen LogP contribution is 2.38. The first-order valence-corrected chi connectivity index (χ1v) is 23.2. The van der Waals surface area contributed by atoms with Crippen LogP contribution in [0.5, 0.6) is 0 Å². The van der Waals surface area contributed by atoms with Crippen molar-refractivity contribution in [2.45, 2.75) is 213 Å². The number of quaternary nitrogens is 1. The molecule has 0 spiro atoms. The van der Waals surface area contributed by atoms with Gasteiger partial charge in [0, 0.05) is 13.0 Å². The summed E-state index contributed by atoms with van der Waals surface area (Å²) >= 11 is 0. The molecular weight excluding hydrogens is 661 g/mol. The summed E-state index contributed by atoms with van der Waals surface area (Å²) in [6, 6.07) is 0. The van der Waals surface area contributed by atoms with Crippen molar-refractivity contribution in [1.82, 2.24) is 0 Å². The minimum absolute atomic E-state index is 0.0311. The summed E-state index contributed by atoms with van der Waals surface area (Å²) in [5.41, 5.74) is 0. The fraction of sp³-hybridized carbons (Fsp3) is 0.976. The molecule has 0 aliphatic heterocycles. The van der Waals surface area contributed by atoms with Crippen molar-refractivity contribution in [3.63, 3.8) is 0 Å². The van der Waals surface area contributed by atoms with E-state index in [0.29, 0.717) is 24.1 Å². The zero-order chi connectivity index (χ0) is 37.7. The van der Waals surface area contributed by atoms with Crippen LogP contribution in [-0.4, -0.2) is 70.7 Å². The van der Waals surface area contributed by atoms with Crippen LogP contribution < -0.4 is 4.89 Å². The predicted octanol–water partition coefficient (Wildman–Crippen LogP) is 11.9. The number of esters is 1. The first kappa shape index (κ1) is 50.5. The van der Waals surface area contributed by atoms with Crippen molar-refractivity contribution in [2.75, 3.05) is 54.1 Å². The molecule has 0 radical (unpaired) electrons. The number of unbranched alkanes of at least 4 members (excludes halogenated alkanes) is 27. The lowest BCUT2D eigenvalue weighted by Crippen LogP contribution is -2.37. The Kier molecular flexibility index (Phi) is 36.1. The lowest BCUT2D eigenvalue weighted by molar-refractivity contribution is -0.870. The summed E-state index contributed by atoms with van der Waals surface area (Å²) in [5.74, 6) is -0.329. The SMILES string of the molecule is CCCCCCCCCCCCCCCCCCCCCC(=O)OC(COCCCCCCCCCCCC)COP(=O)([O-])OCC[N+](C)(C)C. The lowest BCUT2D eigenvalue weighted by atomic mass is 10.0. The summed E-state index contributed by atoms with van der Waals surface area (Å²) in [4.78, 5) is 25.0. The Morgan fingerprint density at radius 2 is 0.902 bits per heavy atom. The van der Waals surface area contributed by atoms with Gasteiger partial charge in [0.25, 0.3) is 7.82 Å². The van der Waals surface area contributed by atoms with Crippen LogP contribution in [0.2, 0.25) is 0 Å². The smallest absolute Gasteiger partial charge is 0.306 e. The van der Waals surface area contributed by atoms with Gasteiger partial charge in [-0.25, -0.2) is 0 Å². The van der Waals surface area contributed by atoms with Gasteiger partial charge in [-0.05, 0) is 12.8 Å². The molecule has 0 saturated heterocycles. The molecule has 0 N–H and O–H groups in total. The fourth-order valence-corrected chi connectivity index (χ4v) is 6.98. The highest BCUT2D eigenvalue weighted by atomic mass is 31.2. The molecule has 2 atom stereocenters. The van der Waals surface area contributed by atoms with E-state index in [0.717, 1.165) is 32.1 Å². The third kappa shape index (κ3) is 40.5. The second-order valence-electron chi connectivity index (χ2n) is 16.1. The van der Waals surface area contributed by atoms with Crippen molar-refractivity contribution in [3.05, 3.63) is 0 Å². The normalized spacial score (nSPS) is 13.8. The summed E-state index contributed by atoms with van der Waals surface area (Å²) in [6.07, 6.45) is 36.8. The molecule has 0 aromatic carbocycles. The van der Waals surface area contributed by atoms with E-state index >= 15 is 0 Å². The topological polar surface area (TPSA) is 94.1 Å². The van der Waals surface area contributed by atoms with E-state index in [1.807, 2.05) is 21.1 Å². The van der Waals surface area contributed by atoms with Crippen LogP contribution in [0.4, 0.5) is 0 Å².